The average molecular weight is 214 g/mol. The van der Waals surface area contributed by atoms with E-state index in [0.717, 1.165) is 19.6 Å². The van der Waals surface area contributed by atoms with Crippen LogP contribution in [0.2, 0.25) is 0 Å². The molecule has 1 heterocycles. The lowest BCUT2D eigenvalue weighted by atomic mass is 9.87. The van der Waals surface area contributed by atoms with Crippen LogP contribution in [0.15, 0.2) is 0 Å². The summed E-state index contributed by atoms with van der Waals surface area (Å²) >= 11 is 0. The molecule has 1 aliphatic rings. The zero-order valence-corrected chi connectivity index (χ0v) is 10.8. The summed E-state index contributed by atoms with van der Waals surface area (Å²) in [5.74, 6) is 0. The highest BCUT2D eigenvalue weighted by molar-refractivity contribution is 5.00. The first-order chi connectivity index (χ1) is 6.82. The minimum absolute atomic E-state index is 0.0489. The Kier molecular flexibility index (Phi) is 3.80. The van der Waals surface area contributed by atoms with Gasteiger partial charge in [0.2, 0.25) is 0 Å². The van der Waals surface area contributed by atoms with Crippen molar-refractivity contribution in [1.29, 1.82) is 0 Å². The molecule has 0 saturated carbocycles. The third kappa shape index (κ3) is 2.71. The first-order valence-electron chi connectivity index (χ1n) is 5.85. The summed E-state index contributed by atoms with van der Waals surface area (Å²) in [6, 6.07) is 0. The number of likely N-dealkylation sites (N-methyl/N-ethyl adjacent to an activating group) is 1. The fourth-order valence-corrected chi connectivity index (χ4v) is 2.56. The molecule has 1 saturated heterocycles. The van der Waals surface area contributed by atoms with Crippen molar-refractivity contribution in [3.63, 3.8) is 0 Å². The number of rotatable bonds is 3. The molecule has 0 bridgehead atoms. The first-order valence-corrected chi connectivity index (χ1v) is 5.85. The van der Waals surface area contributed by atoms with Crippen molar-refractivity contribution in [2.75, 3.05) is 26.7 Å². The Morgan fingerprint density at radius 2 is 2.07 bits per heavy atom. The van der Waals surface area contributed by atoms with Gasteiger partial charge in [0.05, 0.1) is 11.6 Å². The van der Waals surface area contributed by atoms with Gasteiger partial charge >= 0.3 is 0 Å². The van der Waals surface area contributed by atoms with Gasteiger partial charge in [-0.2, -0.15) is 0 Å². The van der Waals surface area contributed by atoms with Crippen molar-refractivity contribution in [2.24, 2.45) is 11.1 Å². The maximum absolute atomic E-state index is 5.96. The minimum Gasteiger partial charge on any atom is -0.376 e. The Bertz CT molecular complexity index is 212. The van der Waals surface area contributed by atoms with Crippen LogP contribution >= 0.6 is 0 Å². The molecule has 0 aliphatic carbocycles. The highest BCUT2D eigenvalue weighted by atomic mass is 16.5. The third-order valence-electron chi connectivity index (χ3n) is 3.48. The molecule has 15 heavy (non-hydrogen) atoms. The standard InChI is InChI=1S/C12H26N2O/c1-10-12(8-13,6-7-15-10)14(5)9-11(2,3)4/h10H,6-9,13H2,1-5H3. The van der Waals surface area contributed by atoms with Gasteiger partial charge in [-0.15, -0.1) is 0 Å². The molecular weight excluding hydrogens is 188 g/mol. The molecule has 0 aromatic rings. The minimum atomic E-state index is 0.0489. The molecule has 1 aliphatic heterocycles. The van der Waals surface area contributed by atoms with Crippen molar-refractivity contribution in [1.82, 2.24) is 4.90 Å². The summed E-state index contributed by atoms with van der Waals surface area (Å²) in [5, 5.41) is 0. The number of nitrogens with two attached hydrogens (primary N) is 1. The maximum atomic E-state index is 5.96. The van der Waals surface area contributed by atoms with Gasteiger partial charge in [0, 0.05) is 19.7 Å². The van der Waals surface area contributed by atoms with E-state index in [4.69, 9.17) is 10.5 Å². The van der Waals surface area contributed by atoms with E-state index in [0.29, 0.717) is 12.0 Å². The van der Waals surface area contributed by atoms with Crippen LogP contribution in [0.3, 0.4) is 0 Å². The van der Waals surface area contributed by atoms with E-state index in [1.165, 1.54) is 0 Å². The lowest BCUT2D eigenvalue weighted by Crippen LogP contribution is -2.58. The van der Waals surface area contributed by atoms with Crippen molar-refractivity contribution in [2.45, 2.75) is 45.8 Å². The van der Waals surface area contributed by atoms with Gasteiger partial charge in [-0.3, -0.25) is 4.90 Å². The molecule has 0 radical (unpaired) electrons. The van der Waals surface area contributed by atoms with Gasteiger partial charge in [-0.05, 0) is 25.8 Å². The van der Waals surface area contributed by atoms with Crippen LogP contribution in [-0.2, 0) is 4.74 Å². The molecule has 0 spiro atoms. The summed E-state index contributed by atoms with van der Waals surface area (Å²) < 4.78 is 5.67. The topological polar surface area (TPSA) is 38.5 Å². The van der Waals surface area contributed by atoms with Crippen LogP contribution < -0.4 is 5.73 Å². The van der Waals surface area contributed by atoms with Crippen molar-refractivity contribution < 1.29 is 4.74 Å². The van der Waals surface area contributed by atoms with Crippen molar-refractivity contribution in [3.8, 4) is 0 Å². The normalized spacial score (nSPS) is 32.6. The number of hydrogen-bond acceptors (Lipinski definition) is 3. The first kappa shape index (κ1) is 12.9. The fraction of sp³-hybridized carbons (Fsp3) is 1.00. The molecule has 1 fully saturated rings. The van der Waals surface area contributed by atoms with Crippen molar-refractivity contribution >= 4 is 0 Å². The zero-order chi connectivity index (χ0) is 11.7. The molecule has 0 aromatic heterocycles. The Morgan fingerprint density at radius 1 is 1.47 bits per heavy atom. The van der Waals surface area contributed by atoms with E-state index in [1.54, 1.807) is 0 Å². The Balaban J connectivity index is 2.73. The van der Waals surface area contributed by atoms with Gasteiger partial charge in [0.15, 0.2) is 0 Å². The monoisotopic (exact) mass is 214 g/mol. The van der Waals surface area contributed by atoms with E-state index in [2.05, 4.69) is 39.6 Å². The third-order valence-corrected chi connectivity index (χ3v) is 3.48. The number of hydrogen-bond donors (Lipinski definition) is 1. The molecule has 0 aromatic carbocycles. The van der Waals surface area contributed by atoms with Crippen LogP contribution in [0, 0.1) is 5.41 Å². The molecule has 2 unspecified atom stereocenters. The molecule has 3 heteroatoms. The highest BCUT2D eigenvalue weighted by Gasteiger charge is 2.44. The van der Waals surface area contributed by atoms with E-state index in [9.17, 15) is 0 Å². The molecule has 2 N–H and O–H groups in total. The van der Waals surface area contributed by atoms with Gasteiger partial charge in [-0.25, -0.2) is 0 Å². The van der Waals surface area contributed by atoms with E-state index in [-0.39, 0.29) is 11.6 Å². The molecule has 2 atom stereocenters. The van der Waals surface area contributed by atoms with E-state index in [1.807, 2.05) is 0 Å². The van der Waals surface area contributed by atoms with Crippen LogP contribution in [0.4, 0.5) is 0 Å². The predicted octanol–water partition coefficient (Wildman–Crippen LogP) is 1.47. The second-order valence-corrected chi connectivity index (χ2v) is 5.99. The Morgan fingerprint density at radius 3 is 2.40 bits per heavy atom. The van der Waals surface area contributed by atoms with E-state index < -0.39 is 0 Å². The van der Waals surface area contributed by atoms with Crippen LogP contribution in [-0.4, -0.2) is 43.3 Å². The smallest absolute Gasteiger partial charge is 0.0743 e. The lowest BCUT2D eigenvalue weighted by molar-refractivity contribution is 0.0138. The van der Waals surface area contributed by atoms with Crippen LogP contribution in [0.25, 0.3) is 0 Å². The van der Waals surface area contributed by atoms with Crippen LogP contribution in [0.1, 0.15) is 34.1 Å². The maximum Gasteiger partial charge on any atom is 0.0743 e. The largest absolute Gasteiger partial charge is 0.376 e. The Labute approximate surface area is 94.0 Å². The molecule has 3 nitrogen and oxygen atoms in total. The summed E-state index contributed by atoms with van der Waals surface area (Å²) in [5.41, 5.74) is 6.31. The quantitative estimate of drug-likeness (QED) is 0.773. The molecule has 0 amide bonds. The zero-order valence-electron chi connectivity index (χ0n) is 10.8. The second-order valence-electron chi connectivity index (χ2n) is 5.99. The van der Waals surface area contributed by atoms with Crippen molar-refractivity contribution in [3.05, 3.63) is 0 Å². The molecule has 1 rings (SSSR count). The SMILES string of the molecule is CC1OCCC1(CN)N(C)CC(C)(C)C. The average Bonchev–Trinajstić information content (AvgIpc) is 2.44. The van der Waals surface area contributed by atoms with E-state index >= 15 is 0 Å². The van der Waals surface area contributed by atoms with Gasteiger partial charge < -0.3 is 10.5 Å². The summed E-state index contributed by atoms with van der Waals surface area (Å²) in [7, 11) is 2.17. The summed E-state index contributed by atoms with van der Waals surface area (Å²) in [6.45, 7) is 11.5. The fourth-order valence-electron chi connectivity index (χ4n) is 2.56. The Hall–Kier alpha value is -0.120. The van der Waals surface area contributed by atoms with Crippen LogP contribution in [0.5, 0.6) is 0 Å². The highest BCUT2D eigenvalue weighted by Crippen LogP contribution is 2.32. The number of ether oxygens (including phenoxy) is 1. The predicted molar refractivity (Wildman–Crippen MR) is 63.9 cm³/mol. The summed E-state index contributed by atoms with van der Waals surface area (Å²) in [4.78, 5) is 2.39. The summed E-state index contributed by atoms with van der Waals surface area (Å²) in [6.07, 6.45) is 1.30. The van der Waals surface area contributed by atoms with Gasteiger partial charge in [0.1, 0.15) is 0 Å². The molecule has 90 valence electrons. The lowest BCUT2D eigenvalue weighted by Gasteiger charge is -2.43. The number of nitrogens with zero attached hydrogens (tertiary/aromatic N) is 1. The molecular formula is C12H26N2O. The van der Waals surface area contributed by atoms with Gasteiger partial charge in [-0.1, -0.05) is 20.8 Å². The van der Waals surface area contributed by atoms with Gasteiger partial charge in [0.25, 0.3) is 0 Å². The second kappa shape index (κ2) is 4.40.